The molecule has 0 unspecified atom stereocenters. The minimum absolute atomic E-state index is 0.000729. The number of carbonyl (C=O) groups excluding carboxylic acids is 2. The molecule has 4 aliphatic carbocycles. The number of hydrogen-bond acceptors (Lipinski definition) is 6. The molecule has 4 saturated carbocycles. The highest BCUT2D eigenvalue weighted by molar-refractivity contribution is 5.75. The first-order valence-corrected chi connectivity index (χ1v) is 16.3. The molecular formula is C35H53NO5. The first kappa shape index (κ1) is 30.4. The van der Waals surface area contributed by atoms with Gasteiger partial charge in [-0.3, -0.25) is 9.59 Å². The van der Waals surface area contributed by atoms with E-state index in [-0.39, 0.29) is 41.4 Å². The Bertz CT molecular complexity index is 1090. The van der Waals surface area contributed by atoms with Crippen LogP contribution >= 0.6 is 0 Å². The fourth-order valence-corrected chi connectivity index (χ4v) is 10.4. The Morgan fingerprint density at radius 2 is 1.85 bits per heavy atom. The third-order valence-corrected chi connectivity index (χ3v) is 12.5. The molecule has 0 bridgehead atoms. The van der Waals surface area contributed by atoms with E-state index in [9.17, 15) is 14.7 Å². The summed E-state index contributed by atoms with van der Waals surface area (Å²) in [6.45, 7) is 9.75. The van der Waals surface area contributed by atoms with Gasteiger partial charge in [-0.15, -0.1) is 0 Å². The first-order chi connectivity index (χ1) is 19.6. The van der Waals surface area contributed by atoms with E-state index in [4.69, 9.17) is 9.47 Å². The molecule has 0 amide bonds. The van der Waals surface area contributed by atoms with E-state index >= 15 is 0 Å². The number of ether oxygens (including phenoxy) is 2. The van der Waals surface area contributed by atoms with Gasteiger partial charge in [0.15, 0.2) is 0 Å². The molecule has 6 heteroatoms. The lowest BCUT2D eigenvalue weighted by Crippen LogP contribution is -2.59. The van der Waals surface area contributed by atoms with Gasteiger partial charge < -0.3 is 19.9 Å². The van der Waals surface area contributed by atoms with Gasteiger partial charge in [0.25, 0.3) is 0 Å². The first-order valence-electron chi connectivity index (χ1n) is 16.3. The van der Waals surface area contributed by atoms with E-state index in [2.05, 4.69) is 26.1 Å². The normalized spacial score (nSPS) is 38.6. The Kier molecular flexibility index (Phi) is 9.09. The highest BCUT2D eigenvalue weighted by Crippen LogP contribution is 2.68. The molecule has 4 fully saturated rings. The van der Waals surface area contributed by atoms with E-state index in [1.165, 1.54) is 39.7 Å². The quantitative estimate of drug-likeness (QED) is 0.252. The van der Waals surface area contributed by atoms with E-state index in [0.717, 1.165) is 56.3 Å². The van der Waals surface area contributed by atoms with Crippen molar-refractivity contribution in [1.82, 2.24) is 0 Å². The average Bonchev–Trinajstić information content (AvgIpc) is 3.31. The highest BCUT2D eigenvalue weighted by atomic mass is 16.5. The van der Waals surface area contributed by atoms with Crippen LogP contribution in [0.5, 0.6) is 0 Å². The van der Waals surface area contributed by atoms with Gasteiger partial charge in [-0.2, -0.15) is 0 Å². The van der Waals surface area contributed by atoms with Gasteiger partial charge in [-0.1, -0.05) is 39.0 Å². The molecule has 5 rings (SSSR count). The topological polar surface area (TPSA) is 84.9 Å². The van der Waals surface area contributed by atoms with Crippen molar-refractivity contribution >= 4 is 17.6 Å². The Morgan fingerprint density at radius 1 is 1.07 bits per heavy atom. The average molecular weight is 568 g/mol. The van der Waals surface area contributed by atoms with Crippen LogP contribution in [0, 0.1) is 46.3 Å². The lowest BCUT2D eigenvalue weighted by Gasteiger charge is -2.62. The number of carbonyl (C=O) groups is 2. The number of rotatable bonds is 9. The summed E-state index contributed by atoms with van der Waals surface area (Å²) < 4.78 is 10.5. The summed E-state index contributed by atoms with van der Waals surface area (Å²) in [5.74, 6) is 3.24. The SMILES string of the molecule is COC(=O)Cc1ccccc1NCCC[C@@H](C)[C@H]1CC[C@H]2[C@@H]3CC[C@@H]4C[C@H](OC(C)=O)CC[C@]4(C)[C@H]3C[C@H](O)[C@]12C. The van der Waals surface area contributed by atoms with Crippen LogP contribution in [0.25, 0.3) is 0 Å². The lowest BCUT2D eigenvalue weighted by atomic mass is 9.43. The van der Waals surface area contributed by atoms with Gasteiger partial charge in [-0.25, -0.2) is 0 Å². The molecular weight excluding hydrogens is 514 g/mol. The van der Waals surface area contributed by atoms with Crippen LogP contribution in [0.1, 0.15) is 97.5 Å². The number of aliphatic hydroxyl groups excluding tert-OH is 1. The fraction of sp³-hybridized carbons (Fsp3) is 0.771. The molecule has 10 atom stereocenters. The lowest BCUT2D eigenvalue weighted by molar-refractivity contribution is -0.181. The van der Waals surface area contributed by atoms with Crippen molar-refractivity contribution in [3.63, 3.8) is 0 Å². The van der Waals surface area contributed by atoms with Gasteiger partial charge in [0, 0.05) is 19.2 Å². The zero-order valence-electron chi connectivity index (χ0n) is 26.0. The Hall–Kier alpha value is -2.08. The van der Waals surface area contributed by atoms with Crippen molar-refractivity contribution in [2.75, 3.05) is 19.0 Å². The monoisotopic (exact) mass is 567 g/mol. The van der Waals surface area contributed by atoms with E-state index in [1.807, 2.05) is 24.3 Å². The van der Waals surface area contributed by atoms with Crippen LogP contribution in [0.15, 0.2) is 24.3 Å². The van der Waals surface area contributed by atoms with Crippen LogP contribution in [-0.2, 0) is 25.5 Å². The molecule has 2 N–H and O–H groups in total. The van der Waals surface area contributed by atoms with Crippen molar-refractivity contribution in [1.29, 1.82) is 0 Å². The van der Waals surface area contributed by atoms with Crippen molar-refractivity contribution < 1.29 is 24.2 Å². The number of anilines is 1. The molecule has 1 aromatic carbocycles. The fourth-order valence-electron chi connectivity index (χ4n) is 10.4. The largest absolute Gasteiger partial charge is 0.469 e. The number of benzene rings is 1. The van der Waals surface area contributed by atoms with Gasteiger partial charge in [0.2, 0.25) is 0 Å². The highest BCUT2D eigenvalue weighted by Gasteiger charge is 2.63. The van der Waals surface area contributed by atoms with Crippen LogP contribution in [0.2, 0.25) is 0 Å². The van der Waals surface area contributed by atoms with Crippen LogP contribution in [-0.4, -0.2) is 42.9 Å². The summed E-state index contributed by atoms with van der Waals surface area (Å²) in [4.78, 5) is 23.4. The van der Waals surface area contributed by atoms with Crippen molar-refractivity contribution in [3.05, 3.63) is 29.8 Å². The number of aliphatic hydroxyl groups is 1. The van der Waals surface area contributed by atoms with E-state index in [0.29, 0.717) is 35.5 Å². The number of methoxy groups -OCH3 is 1. The molecule has 0 heterocycles. The third kappa shape index (κ3) is 5.79. The Morgan fingerprint density at radius 3 is 2.61 bits per heavy atom. The number of para-hydroxylation sites is 1. The second-order valence-electron chi connectivity index (χ2n) is 14.4. The zero-order chi connectivity index (χ0) is 29.4. The van der Waals surface area contributed by atoms with E-state index < -0.39 is 0 Å². The summed E-state index contributed by atoms with van der Waals surface area (Å²) in [5, 5.41) is 15.5. The van der Waals surface area contributed by atoms with Gasteiger partial charge in [-0.05, 0) is 122 Å². The molecule has 0 aliphatic heterocycles. The minimum Gasteiger partial charge on any atom is -0.469 e. The number of nitrogens with one attached hydrogen (secondary N) is 1. The van der Waals surface area contributed by atoms with Crippen molar-refractivity contribution in [2.45, 2.75) is 111 Å². The standard InChI is InChI=1S/C35H53NO5/c1-22(9-8-18-36-31-11-7-6-10-24(31)19-33(39)40-5)28-14-15-29-27-13-12-25-20-26(41-23(2)37)16-17-34(25,3)30(27)21-32(38)35(28,29)4/h6-7,10-11,22,25-30,32,36,38H,8-9,12-21H2,1-5H3/t22-,25-,26-,27+,28-,29+,30+,32+,34+,35-/m1/s1. The van der Waals surface area contributed by atoms with Gasteiger partial charge in [0.1, 0.15) is 6.10 Å². The maximum absolute atomic E-state index is 11.9. The molecule has 0 radical (unpaired) electrons. The maximum atomic E-state index is 11.9. The molecule has 0 saturated heterocycles. The maximum Gasteiger partial charge on any atom is 0.310 e. The number of fused-ring (bicyclic) bond motifs is 5. The Balaban J connectivity index is 1.19. The Labute approximate surface area is 247 Å². The summed E-state index contributed by atoms with van der Waals surface area (Å²) in [7, 11) is 1.43. The summed E-state index contributed by atoms with van der Waals surface area (Å²) >= 11 is 0. The van der Waals surface area contributed by atoms with Gasteiger partial charge in [0.05, 0.1) is 19.6 Å². The summed E-state index contributed by atoms with van der Waals surface area (Å²) in [6.07, 6.45) is 11.3. The summed E-state index contributed by atoms with van der Waals surface area (Å²) in [6, 6.07) is 7.99. The van der Waals surface area contributed by atoms with Crippen molar-refractivity contribution in [2.24, 2.45) is 46.3 Å². The molecule has 0 aromatic heterocycles. The second-order valence-corrected chi connectivity index (χ2v) is 14.4. The third-order valence-electron chi connectivity index (χ3n) is 12.5. The predicted molar refractivity (Wildman–Crippen MR) is 161 cm³/mol. The smallest absolute Gasteiger partial charge is 0.310 e. The summed E-state index contributed by atoms with van der Waals surface area (Å²) in [5.41, 5.74) is 2.24. The minimum atomic E-state index is -0.242. The molecule has 1 aromatic rings. The molecule has 4 aliphatic rings. The molecule has 228 valence electrons. The second kappa shape index (κ2) is 12.3. The molecule has 0 spiro atoms. The zero-order valence-corrected chi connectivity index (χ0v) is 26.0. The van der Waals surface area contributed by atoms with Crippen molar-refractivity contribution in [3.8, 4) is 0 Å². The predicted octanol–water partition coefficient (Wildman–Crippen LogP) is 6.79. The van der Waals surface area contributed by atoms with Gasteiger partial charge >= 0.3 is 11.9 Å². The molecule has 6 nitrogen and oxygen atoms in total. The number of esters is 2. The van der Waals surface area contributed by atoms with Crippen LogP contribution < -0.4 is 5.32 Å². The number of hydrogen-bond donors (Lipinski definition) is 2. The molecule has 41 heavy (non-hydrogen) atoms. The van der Waals surface area contributed by atoms with Crippen LogP contribution in [0.4, 0.5) is 5.69 Å². The van der Waals surface area contributed by atoms with E-state index in [1.54, 1.807) is 0 Å². The van der Waals surface area contributed by atoms with Crippen LogP contribution in [0.3, 0.4) is 0 Å².